The van der Waals surface area contributed by atoms with Crippen LogP contribution in [0.1, 0.15) is 0 Å². The zero-order valence-corrected chi connectivity index (χ0v) is 8.87. The van der Waals surface area contributed by atoms with E-state index >= 15 is 0 Å². The molecule has 16 heavy (non-hydrogen) atoms. The highest BCUT2D eigenvalue weighted by Crippen LogP contribution is 2.31. The molecule has 2 N–H and O–H groups in total. The lowest BCUT2D eigenvalue weighted by Crippen LogP contribution is -1.84. The third-order valence-electron chi connectivity index (χ3n) is 2.21. The fourth-order valence-electron chi connectivity index (χ4n) is 1.41. The van der Waals surface area contributed by atoms with Crippen molar-refractivity contribution in [1.29, 1.82) is 0 Å². The van der Waals surface area contributed by atoms with Crippen LogP contribution in [0, 0.1) is 5.82 Å². The molecule has 0 aliphatic carbocycles. The second-order valence-electron chi connectivity index (χ2n) is 3.33. The van der Waals surface area contributed by atoms with Crippen molar-refractivity contribution in [2.24, 2.45) is 0 Å². The van der Waals surface area contributed by atoms with E-state index in [0.29, 0.717) is 11.1 Å². The normalized spacial score (nSPS) is 10.4. The van der Waals surface area contributed by atoms with Crippen LogP contribution in [0.25, 0.3) is 11.1 Å². The summed E-state index contributed by atoms with van der Waals surface area (Å²) in [6, 6.07) is 8.27. The van der Waals surface area contributed by atoms with Crippen molar-refractivity contribution in [3.8, 4) is 22.6 Å². The first-order valence-electron chi connectivity index (χ1n) is 4.55. The van der Waals surface area contributed by atoms with E-state index in [1.54, 1.807) is 6.07 Å². The zero-order chi connectivity index (χ0) is 11.7. The molecule has 0 unspecified atom stereocenters. The van der Waals surface area contributed by atoms with Crippen LogP contribution in [0.4, 0.5) is 4.39 Å². The highest BCUT2D eigenvalue weighted by molar-refractivity contribution is 6.32. The molecule has 0 fully saturated rings. The van der Waals surface area contributed by atoms with Crippen molar-refractivity contribution in [3.05, 3.63) is 47.2 Å². The zero-order valence-electron chi connectivity index (χ0n) is 8.11. The summed E-state index contributed by atoms with van der Waals surface area (Å²) in [6.45, 7) is 0. The van der Waals surface area contributed by atoms with Gasteiger partial charge in [-0.3, -0.25) is 0 Å². The van der Waals surface area contributed by atoms with Gasteiger partial charge in [0.25, 0.3) is 0 Å². The number of benzene rings is 2. The van der Waals surface area contributed by atoms with Crippen LogP contribution in [0.2, 0.25) is 5.02 Å². The third kappa shape index (κ3) is 1.95. The van der Waals surface area contributed by atoms with Gasteiger partial charge in [-0.25, -0.2) is 4.39 Å². The van der Waals surface area contributed by atoms with Gasteiger partial charge in [0.15, 0.2) is 0 Å². The van der Waals surface area contributed by atoms with Crippen molar-refractivity contribution in [3.63, 3.8) is 0 Å². The number of halogens is 2. The molecule has 2 nitrogen and oxygen atoms in total. The van der Waals surface area contributed by atoms with E-state index in [1.807, 2.05) is 0 Å². The van der Waals surface area contributed by atoms with Crippen molar-refractivity contribution in [2.75, 3.05) is 0 Å². The quantitative estimate of drug-likeness (QED) is 0.798. The molecule has 0 aliphatic heterocycles. The Morgan fingerprint density at radius 1 is 1.00 bits per heavy atom. The monoisotopic (exact) mass is 238 g/mol. The van der Waals surface area contributed by atoms with Crippen molar-refractivity contribution < 1.29 is 14.6 Å². The molecule has 0 spiro atoms. The minimum atomic E-state index is -0.540. The molecule has 4 heteroatoms. The van der Waals surface area contributed by atoms with Crippen molar-refractivity contribution in [1.82, 2.24) is 0 Å². The van der Waals surface area contributed by atoms with Gasteiger partial charge < -0.3 is 10.2 Å². The lowest BCUT2D eigenvalue weighted by Gasteiger charge is -2.05. The van der Waals surface area contributed by atoms with E-state index in [0.717, 1.165) is 6.07 Å². The van der Waals surface area contributed by atoms with Crippen molar-refractivity contribution >= 4 is 11.6 Å². The van der Waals surface area contributed by atoms with Gasteiger partial charge in [0.05, 0.1) is 5.02 Å². The molecule has 0 bridgehead atoms. The summed E-state index contributed by atoms with van der Waals surface area (Å²) in [5, 5.41) is 18.5. The van der Waals surface area contributed by atoms with E-state index in [9.17, 15) is 9.50 Å². The molecule has 82 valence electrons. The molecule has 2 aromatic carbocycles. The van der Waals surface area contributed by atoms with E-state index in [2.05, 4.69) is 0 Å². The molecule has 0 aromatic heterocycles. The summed E-state index contributed by atoms with van der Waals surface area (Å²) in [4.78, 5) is 0. The van der Waals surface area contributed by atoms with Crippen LogP contribution in [-0.4, -0.2) is 10.2 Å². The SMILES string of the molecule is Oc1ccc(-c2ccc(O)c(Cl)c2)c(F)c1. The van der Waals surface area contributed by atoms with Crippen LogP contribution in [-0.2, 0) is 0 Å². The summed E-state index contributed by atoms with van der Waals surface area (Å²) in [5.74, 6) is -0.725. The molecule has 0 heterocycles. The van der Waals surface area contributed by atoms with Gasteiger partial charge in [-0.05, 0) is 29.8 Å². The molecule has 0 aliphatic rings. The fourth-order valence-corrected chi connectivity index (χ4v) is 1.59. The first-order valence-corrected chi connectivity index (χ1v) is 4.93. The van der Waals surface area contributed by atoms with Crippen LogP contribution < -0.4 is 0 Å². The second-order valence-corrected chi connectivity index (χ2v) is 3.74. The molecule has 0 atom stereocenters. The minimum Gasteiger partial charge on any atom is -0.508 e. The first-order chi connectivity index (χ1) is 7.58. The molecule has 0 saturated heterocycles. The van der Waals surface area contributed by atoms with Crippen LogP contribution in [0.5, 0.6) is 11.5 Å². The van der Waals surface area contributed by atoms with Gasteiger partial charge in [0, 0.05) is 11.6 Å². The summed E-state index contributed by atoms with van der Waals surface area (Å²) in [6.07, 6.45) is 0. The van der Waals surface area contributed by atoms with Gasteiger partial charge in [0.2, 0.25) is 0 Å². The molecule has 2 rings (SSSR count). The third-order valence-corrected chi connectivity index (χ3v) is 2.51. The van der Waals surface area contributed by atoms with Crippen LogP contribution in [0.15, 0.2) is 36.4 Å². The Morgan fingerprint density at radius 3 is 2.38 bits per heavy atom. The number of rotatable bonds is 1. The molecular formula is C12H8ClFO2. The van der Waals surface area contributed by atoms with Gasteiger partial charge in [-0.1, -0.05) is 17.7 Å². The van der Waals surface area contributed by atoms with E-state index in [4.69, 9.17) is 16.7 Å². The number of aromatic hydroxyl groups is 2. The van der Waals surface area contributed by atoms with Crippen LogP contribution >= 0.6 is 11.6 Å². The lowest BCUT2D eigenvalue weighted by molar-refractivity contribution is 0.469. The lowest BCUT2D eigenvalue weighted by atomic mass is 10.0. The number of hydrogen-bond acceptors (Lipinski definition) is 2. The first kappa shape index (κ1) is 10.8. The van der Waals surface area contributed by atoms with Gasteiger partial charge in [0.1, 0.15) is 17.3 Å². The number of phenolic OH excluding ortho intramolecular Hbond substituents is 2. The smallest absolute Gasteiger partial charge is 0.134 e. The van der Waals surface area contributed by atoms with E-state index < -0.39 is 5.82 Å². The molecule has 0 saturated carbocycles. The molecule has 0 radical (unpaired) electrons. The molecule has 2 aromatic rings. The Hall–Kier alpha value is -1.74. The van der Waals surface area contributed by atoms with Gasteiger partial charge in [-0.15, -0.1) is 0 Å². The summed E-state index contributed by atoms with van der Waals surface area (Å²) in [5.41, 5.74) is 0.861. The maximum Gasteiger partial charge on any atom is 0.134 e. The van der Waals surface area contributed by atoms with E-state index in [1.165, 1.54) is 24.3 Å². The number of hydrogen-bond donors (Lipinski definition) is 2. The largest absolute Gasteiger partial charge is 0.508 e. The summed E-state index contributed by atoms with van der Waals surface area (Å²) >= 11 is 5.73. The number of phenols is 2. The highest BCUT2D eigenvalue weighted by Gasteiger charge is 2.07. The Labute approximate surface area is 96.5 Å². The molecule has 0 amide bonds. The Kier molecular flexibility index (Phi) is 2.71. The standard InChI is InChI=1S/C12H8ClFO2/c13-10-5-7(1-4-12(10)16)9-3-2-8(15)6-11(9)14/h1-6,15-16H. The Morgan fingerprint density at radius 2 is 1.75 bits per heavy atom. The summed E-state index contributed by atoms with van der Waals surface area (Å²) in [7, 11) is 0. The predicted molar refractivity (Wildman–Crippen MR) is 60.2 cm³/mol. The molecular weight excluding hydrogens is 231 g/mol. The van der Waals surface area contributed by atoms with Gasteiger partial charge >= 0.3 is 0 Å². The highest BCUT2D eigenvalue weighted by atomic mass is 35.5. The maximum atomic E-state index is 13.5. The summed E-state index contributed by atoms with van der Waals surface area (Å²) < 4.78 is 13.5. The predicted octanol–water partition coefficient (Wildman–Crippen LogP) is 3.56. The minimum absolute atomic E-state index is 0.0513. The van der Waals surface area contributed by atoms with Crippen molar-refractivity contribution in [2.45, 2.75) is 0 Å². The second kappa shape index (κ2) is 4.02. The average molecular weight is 239 g/mol. The Balaban J connectivity index is 2.54. The maximum absolute atomic E-state index is 13.5. The van der Waals surface area contributed by atoms with Crippen LogP contribution in [0.3, 0.4) is 0 Å². The van der Waals surface area contributed by atoms with Gasteiger partial charge in [-0.2, -0.15) is 0 Å². The van der Waals surface area contributed by atoms with E-state index in [-0.39, 0.29) is 16.5 Å². The Bertz CT molecular complexity index is 541. The fraction of sp³-hybridized carbons (Fsp3) is 0. The average Bonchev–Trinajstić information content (AvgIpc) is 2.22. The topological polar surface area (TPSA) is 40.5 Å².